The Morgan fingerprint density at radius 2 is 2.14 bits per heavy atom. The number of pyridine rings is 1. The number of nitrogens with zero attached hydrogens (tertiary/aromatic N) is 2. The minimum absolute atomic E-state index is 0.699. The van der Waals surface area contributed by atoms with Crippen molar-refractivity contribution in [3.05, 3.63) is 63.7 Å². The van der Waals surface area contributed by atoms with Crippen molar-refractivity contribution in [2.45, 2.75) is 13.5 Å². The fraction of sp³-hybridized carbons (Fsp3) is 0.125. The molecule has 1 aromatic carbocycles. The Bertz CT molecular complexity index is 740. The van der Waals surface area contributed by atoms with Gasteiger partial charge in [-0.25, -0.2) is 4.98 Å². The lowest BCUT2D eigenvalue weighted by Crippen LogP contribution is -2.00. The van der Waals surface area contributed by atoms with E-state index in [9.17, 15) is 0 Å². The number of thiazole rings is 1. The van der Waals surface area contributed by atoms with Crippen LogP contribution in [0.4, 0.5) is 5.69 Å². The van der Waals surface area contributed by atoms with Crippen LogP contribution in [-0.4, -0.2) is 9.97 Å². The molecule has 2 aromatic heterocycles. The third-order valence-electron chi connectivity index (χ3n) is 3.02. The average Bonchev–Trinajstić information content (AvgIpc) is 2.96. The van der Waals surface area contributed by atoms with E-state index < -0.39 is 0 Å². The van der Waals surface area contributed by atoms with Crippen LogP contribution in [-0.2, 0) is 6.54 Å². The second-order valence-corrected chi connectivity index (χ2v) is 6.41. The number of halogens is 1. The highest BCUT2D eigenvalue weighted by molar-refractivity contribution is 9.10. The Labute approximate surface area is 136 Å². The van der Waals surface area contributed by atoms with Gasteiger partial charge in [0.15, 0.2) is 0 Å². The molecule has 0 aliphatic rings. The maximum atomic E-state index is 4.62. The third-order valence-corrected chi connectivity index (χ3v) is 4.59. The summed E-state index contributed by atoms with van der Waals surface area (Å²) >= 11 is 5.19. The van der Waals surface area contributed by atoms with Crippen molar-refractivity contribution in [2.24, 2.45) is 0 Å². The number of hydrogen-bond acceptors (Lipinski definition) is 4. The summed E-state index contributed by atoms with van der Waals surface area (Å²) in [6.45, 7) is 2.78. The van der Waals surface area contributed by atoms with Crippen molar-refractivity contribution in [1.82, 2.24) is 9.97 Å². The summed E-state index contributed by atoms with van der Waals surface area (Å²) in [5.41, 5.74) is 4.25. The van der Waals surface area contributed by atoms with Crippen molar-refractivity contribution >= 4 is 33.0 Å². The number of rotatable bonds is 4. The van der Waals surface area contributed by atoms with Gasteiger partial charge in [-0.15, -0.1) is 11.3 Å². The lowest BCUT2D eigenvalue weighted by molar-refractivity contribution is 1.07. The Kier molecular flexibility index (Phi) is 4.31. The second kappa shape index (κ2) is 6.37. The van der Waals surface area contributed by atoms with Crippen LogP contribution in [0.5, 0.6) is 0 Å². The van der Waals surface area contributed by atoms with Crippen molar-refractivity contribution in [3.63, 3.8) is 0 Å². The first-order valence-corrected chi connectivity index (χ1v) is 8.25. The maximum Gasteiger partial charge on any atom is 0.142 e. The molecule has 0 radical (unpaired) electrons. The highest BCUT2D eigenvalue weighted by Crippen LogP contribution is 2.25. The fourth-order valence-electron chi connectivity index (χ4n) is 1.94. The number of aromatic nitrogens is 2. The molecular formula is C16H14BrN3S. The molecule has 3 nitrogen and oxygen atoms in total. The molecule has 2 heterocycles. The smallest absolute Gasteiger partial charge is 0.142 e. The van der Waals surface area contributed by atoms with Crippen molar-refractivity contribution in [2.75, 3.05) is 5.32 Å². The number of hydrogen-bond donors (Lipinski definition) is 1. The summed E-state index contributed by atoms with van der Waals surface area (Å²) in [5, 5.41) is 6.42. The van der Waals surface area contributed by atoms with Gasteiger partial charge >= 0.3 is 0 Å². The summed E-state index contributed by atoms with van der Waals surface area (Å²) in [4.78, 5) is 8.95. The largest absolute Gasteiger partial charge is 0.378 e. The lowest BCUT2D eigenvalue weighted by Gasteiger charge is -2.07. The molecule has 3 aromatic rings. The van der Waals surface area contributed by atoms with E-state index in [-0.39, 0.29) is 0 Å². The molecule has 0 bridgehead atoms. The first-order valence-electron chi connectivity index (χ1n) is 6.58. The van der Waals surface area contributed by atoms with Crippen LogP contribution >= 0.6 is 27.3 Å². The van der Waals surface area contributed by atoms with Gasteiger partial charge in [-0.2, -0.15) is 0 Å². The maximum absolute atomic E-state index is 4.62. The van der Waals surface area contributed by atoms with Gasteiger partial charge in [0, 0.05) is 21.7 Å². The lowest BCUT2D eigenvalue weighted by atomic mass is 10.2. The minimum atomic E-state index is 0.699. The average molecular weight is 360 g/mol. The van der Waals surface area contributed by atoms with Crippen molar-refractivity contribution in [1.29, 1.82) is 0 Å². The van der Waals surface area contributed by atoms with Crippen LogP contribution in [0.1, 0.15) is 11.3 Å². The van der Waals surface area contributed by atoms with Gasteiger partial charge in [-0.1, -0.05) is 12.1 Å². The topological polar surface area (TPSA) is 37.8 Å². The molecule has 106 valence electrons. The summed E-state index contributed by atoms with van der Waals surface area (Å²) < 4.78 is 1.07. The van der Waals surface area contributed by atoms with E-state index in [2.05, 4.69) is 61.7 Å². The van der Waals surface area contributed by atoms with E-state index in [0.29, 0.717) is 6.54 Å². The minimum Gasteiger partial charge on any atom is -0.378 e. The Balaban J connectivity index is 1.70. The molecule has 0 aliphatic heterocycles. The van der Waals surface area contributed by atoms with E-state index in [1.807, 2.05) is 18.2 Å². The molecule has 0 amide bonds. The van der Waals surface area contributed by atoms with E-state index in [4.69, 9.17) is 0 Å². The molecule has 0 atom stereocenters. The molecule has 1 N–H and O–H groups in total. The zero-order valence-corrected chi connectivity index (χ0v) is 13.9. The van der Waals surface area contributed by atoms with Gasteiger partial charge in [-0.3, -0.25) is 4.98 Å². The van der Waals surface area contributed by atoms with Gasteiger partial charge in [0.25, 0.3) is 0 Å². The number of nitrogens with one attached hydrogen (secondary N) is 1. The Morgan fingerprint density at radius 1 is 1.24 bits per heavy atom. The summed E-state index contributed by atoms with van der Waals surface area (Å²) in [6, 6.07) is 12.1. The molecular weight excluding hydrogens is 346 g/mol. The number of aryl methyl sites for hydroxylation is 1. The molecule has 21 heavy (non-hydrogen) atoms. The normalized spacial score (nSPS) is 10.6. The van der Waals surface area contributed by atoms with Crippen LogP contribution in [0.2, 0.25) is 0 Å². The van der Waals surface area contributed by atoms with Gasteiger partial charge < -0.3 is 5.32 Å². The summed E-state index contributed by atoms with van der Waals surface area (Å²) in [6.07, 6.45) is 1.79. The molecule has 0 unspecified atom stereocenters. The van der Waals surface area contributed by atoms with E-state index in [1.54, 1.807) is 17.5 Å². The highest BCUT2D eigenvalue weighted by Gasteiger charge is 2.06. The standard InChI is InChI=1S/C16H14BrN3S/c1-11-5-6-14(13(17)8-11)19-9-12-10-21-16(20-12)15-4-2-3-7-18-15/h2-8,10,19H,9H2,1H3. The SMILES string of the molecule is Cc1ccc(NCc2csc(-c3ccccn3)n2)c(Br)c1. The Morgan fingerprint density at radius 3 is 2.90 bits per heavy atom. The molecule has 5 heteroatoms. The zero-order valence-electron chi connectivity index (χ0n) is 11.5. The predicted molar refractivity (Wildman–Crippen MR) is 91.6 cm³/mol. The predicted octanol–water partition coefficient (Wildman–Crippen LogP) is 4.89. The number of benzene rings is 1. The zero-order chi connectivity index (χ0) is 14.7. The second-order valence-electron chi connectivity index (χ2n) is 4.70. The van der Waals surface area contributed by atoms with Gasteiger partial charge in [0.1, 0.15) is 5.01 Å². The quantitative estimate of drug-likeness (QED) is 0.720. The first-order chi connectivity index (χ1) is 10.2. The highest BCUT2D eigenvalue weighted by atomic mass is 79.9. The van der Waals surface area contributed by atoms with Crippen LogP contribution in [0.3, 0.4) is 0 Å². The van der Waals surface area contributed by atoms with Crippen molar-refractivity contribution in [3.8, 4) is 10.7 Å². The van der Waals surface area contributed by atoms with Crippen LogP contribution in [0.15, 0.2) is 52.4 Å². The molecule has 0 spiro atoms. The van der Waals surface area contributed by atoms with Crippen LogP contribution < -0.4 is 5.32 Å². The molecule has 0 saturated carbocycles. The van der Waals surface area contributed by atoms with Crippen LogP contribution in [0, 0.1) is 6.92 Å². The summed E-state index contributed by atoms with van der Waals surface area (Å²) in [7, 11) is 0. The number of anilines is 1. The van der Waals surface area contributed by atoms with E-state index in [0.717, 1.165) is 26.6 Å². The molecule has 0 saturated heterocycles. The fourth-order valence-corrected chi connectivity index (χ4v) is 3.37. The molecule has 3 rings (SSSR count). The van der Waals surface area contributed by atoms with Crippen LogP contribution in [0.25, 0.3) is 10.7 Å². The molecule has 0 fully saturated rings. The van der Waals surface area contributed by atoms with Gasteiger partial charge in [0.05, 0.1) is 17.9 Å². The van der Waals surface area contributed by atoms with Gasteiger partial charge in [0.2, 0.25) is 0 Å². The Hall–Kier alpha value is -1.72. The molecule has 0 aliphatic carbocycles. The van der Waals surface area contributed by atoms with Gasteiger partial charge in [-0.05, 0) is 52.7 Å². The van der Waals surface area contributed by atoms with E-state index >= 15 is 0 Å². The summed E-state index contributed by atoms with van der Waals surface area (Å²) in [5.74, 6) is 0. The van der Waals surface area contributed by atoms with Crippen molar-refractivity contribution < 1.29 is 0 Å². The third kappa shape index (κ3) is 3.49. The monoisotopic (exact) mass is 359 g/mol. The van der Waals surface area contributed by atoms with E-state index in [1.165, 1.54) is 5.56 Å². The first kappa shape index (κ1) is 14.2.